The van der Waals surface area contributed by atoms with E-state index >= 15 is 0 Å². The van der Waals surface area contributed by atoms with Gasteiger partial charge in [0.1, 0.15) is 0 Å². The van der Waals surface area contributed by atoms with Gasteiger partial charge in [0.25, 0.3) is 0 Å². The van der Waals surface area contributed by atoms with Crippen molar-refractivity contribution in [1.29, 1.82) is 0 Å². The molecule has 0 fully saturated rings. The van der Waals surface area contributed by atoms with Crippen LogP contribution in [0.15, 0.2) is 0 Å². The van der Waals surface area contributed by atoms with Crippen LogP contribution in [0.5, 0.6) is 0 Å². The summed E-state index contributed by atoms with van der Waals surface area (Å²) in [6.07, 6.45) is 4.71. The highest BCUT2D eigenvalue weighted by molar-refractivity contribution is 4.80. The Morgan fingerprint density at radius 2 is 2.00 bits per heavy atom. The van der Waals surface area contributed by atoms with Gasteiger partial charge in [-0.2, -0.15) is 0 Å². The topological polar surface area (TPSA) is 38.0 Å². The summed E-state index contributed by atoms with van der Waals surface area (Å²) in [6, 6.07) is 0. The third-order valence-electron chi connectivity index (χ3n) is 2.51. The van der Waals surface area contributed by atoms with E-state index < -0.39 is 0 Å². The minimum absolute atomic E-state index is 0.315. The average Bonchev–Trinajstić information content (AvgIpc) is 2.11. The van der Waals surface area contributed by atoms with Crippen LogP contribution in [0.2, 0.25) is 0 Å². The van der Waals surface area contributed by atoms with Crippen molar-refractivity contribution in [2.24, 2.45) is 5.73 Å². The quantitative estimate of drug-likeness (QED) is 0.615. The van der Waals surface area contributed by atoms with Crippen LogP contribution in [0.1, 0.15) is 46.5 Å². The molecular weight excluding hydrogens is 148 g/mol. The van der Waals surface area contributed by atoms with Gasteiger partial charge in [0, 0.05) is 5.54 Å². The lowest BCUT2D eigenvalue weighted by atomic mass is 9.92. The highest BCUT2D eigenvalue weighted by Crippen LogP contribution is 2.15. The van der Waals surface area contributed by atoms with Gasteiger partial charge < -0.3 is 11.1 Å². The molecule has 0 aromatic carbocycles. The maximum atomic E-state index is 5.49. The van der Waals surface area contributed by atoms with Crippen molar-refractivity contribution in [1.82, 2.24) is 5.32 Å². The van der Waals surface area contributed by atoms with Crippen molar-refractivity contribution >= 4 is 0 Å². The molecule has 0 aliphatic heterocycles. The molecule has 2 heteroatoms. The molecule has 0 aliphatic carbocycles. The van der Waals surface area contributed by atoms with Crippen LogP contribution < -0.4 is 11.1 Å². The molecule has 0 spiro atoms. The number of nitrogens with two attached hydrogens (primary N) is 1. The first-order chi connectivity index (χ1) is 5.68. The molecule has 0 amide bonds. The zero-order valence-corrected chi connectivity index (χ0v) is 8.82. The number of nitrogens with one attached hydrogen (secondary N) is 1. The summed E-state index contributed by atoms with van der Waals surface area (Å²) in [5, 5.41) is 3.57. The Hall–Kier alpha value is -0.0800. The lowest BCUT2D eigenvalue weighted by Crippen LogP contribution is -2.42. The molecule has 0 aromatic heterocycles. The summed E-state index contributed by atoms with van der Waals surface area (Å²) in [4.78, 5) is 0. The molecule has 12 heavy (non-hydrogen) atoms. The highest BCUT2D eigenvalue weighted by Gasteiger charge is 2.19. The molecule has 0 saturated carbocycles. The van der Waals surface area contributed by atoms with Crippen LogP contribution >= 0.6 is 0 Å². The minimum Gasteiger partial charge on any atom is -0.330 e. The van der Waals surface area contributed by atoms with Crippen molar-refractivity contribution < 1.29 is 0 Å². The highest BCUT2D eigenvalue weighted by atomic mass is 15.0. The normalized spacial score (nSPS) is 16.0. The second kappa shape index (κ2) is 6.44. The van der Waals surface area contributed by atoms with Gasteiger partial charge in [-0.3, -0.25) is 0 Å². The van der Waals surface area contributed by atoms with Crippen molar-refractivity contribution in [2.45, 2.75) is 52.0 Å². The Morgan fingerprint density at radius 3 is 2.42 bits per heavy atom. The predicted octanol–water partition coefficient (Wildman–Crippen LogP) is 1.89. The molecule has 1 atom stereocenters. The Bertz CT molecular complexity index is 94.0. The van der Waals surface area contributed by atoms with E-state index in [9.17, 15) is 0 Å². The second-order valence-corrected chi connectivity index (χ2v) is 3.73. The molecule has 0 rings (SSSR count). The van der Waals surface area contributed by atoms with Crippen molar-refractivity contribution in [3.8, 4) is 0 Å². The van der Waals surface area contributed by atoms with Crippen LogP contribution in [0.3, 0.4) is 0 Å². The van der Waals surface area contributed by atoms with E-state index in [0.717, 1.165) is 19.5 Å². The Labute approximate surface area is 76.9 Å². The van der Waals surface area contributed by atoms with E-state index in [1.807, 2.05) is 0 Å². The fourth-order valence-electron chi connectivity index (χ4n) is 1.31. The van der Waals surface area contributed by atoms with Gasteiger partial charge in [0.15, 0.2) is 0 Å². The van der Waals surface area contributed by atoms with Crippen LogP contribution in [0, 0.1) is 0 Å². The molecule has 0 aromatic rings. The summed E-state index contributed by atoms with van der Waals surface area (Å²) in [6.45, 7) is 8.65. The average molecular weight is 172 g/mol. The third-order valence-corrected chi connectivity index (χ3v) is 2.51. The summed E-state index contributed by atoms with van der Waals surface area (Å²) < 4.78 is 0. The molecule has 0 saturated heterocycles. The largest absolute Gasteiger partial charge is 0.330 e. The van der Waals surface area contributed by atoms with E-state index in [4.69, 9.17) is 5.73 Å². The van der Waals surface area contributed by atoms with Gasteiger partial charge in [-0.15, -0.1) is 0 Å². The minimum atomic E-state index is 0.315. The van der Waals surface area contributed by atoms with Gasteiger partial charge in [0.05, 0.1) is 0 Å². The lowest BCUT2D eigenvalue weighted by Gasteiger charge is -2.29. The predicted molar refractivity (Wildman–Crippen MR) is 55.3 cm³/mol. The third kappa shape index (κ3) is 4.73. The fourth-order valence-corrected chi connectivity index (χ4v) is 1.31. The SMILES string of the molecule is CCCNC(C)(CC)CCCN. The molecule has 0 radical (unpaired) electrons. The van der Waals surface area contributed by atoms with Crippen molar-refractivity contribution in [2.75, 3.05) is 13.1 Å². The molecule has 0 aliphatic rings. The van der Waals surface area contributed by atoms with Gasteiger partial charge in [0.2, 0.25) is 0 Å². The lowest BCUT2D eigenvalue weighted by molar-refractivity contribution is 0.314. The van der Waals surface area contributed by atoms with Gasteiger partial charge in [-0.1, -0.05) is 13.8 Å². The summed E-state index contributed by atoms with van der Waals surface area (Å²) in [5.41, 5.74) is 5.81. The van der Waals surface area contributed by atoms with Crippen LogP contribution in [-0.4, -0.2) is 18.6 Å². The first-order valence-electron chi connectivity index (χ1n) is 5.13. The van der Waals surface area contributed by atoms with E-state index in [1.54, 1.807) is 0 Å². The summed E-state index contributed by atoms with van der Waals surface area (Å²) in [5.74, 6) is 0. The number of hydrogen-bond donors (Lipinski definition) is 2. The van der Waals surface area contributed by atoms with E-state index in [2.05, 4.69) is 26.1 Å². The molecular formula is C10H24N2. The van der Waals surface area contributed by atoms with Gasteiger partial charge >= 0.3 is 0 Å². The summed E-state index contributed by atoms with van der Waals surface area (Å²) >= 11 is 0. The molecule has 0 bridgehead atoms. The summed E-state index contributed by atoms with van der Waals surface area (Å²) in [7, 11) is 0. The molecule has 1 unspecified atom stereocenters. The maximum absolute atomic E-state index is 5.49. The van der Waals surface area contributed by atoms with Gasteiger partial charge in [-0.05, 0) is 45.7 Å². The van der Waals surface area contributed by atoms with Crippen LogP contribution in [0.4, 0.5) is 0 Å². The van der Waals surface area contributed by atoms with Gasteiger partial charge in [-0.25, -0.2) is 0 Å². The van der Waals surface area contributed by atoms with Crippen molar-refractivity contribution in [3.63, 3.8) is 0 Å². The maximum Gasteiger partial charge on any atom is 0.0151 e. The van der Waals surface area contributed by atoms with E-state index in [1.165, 1.54) is 19.3 Å². The smallest absolute Gasteiger partial charge is 0.0151 e. The molecule has 3 N–H and O–H groups in total. The Kier molecular flexibility index (Phi) is 6.39. The van der Waals surface area contributed by atoms with Crippen LogP contribution in [0.25, 0.3) is 0 Å². The first-order valence-corrected chi connectivity index (χ1v) is 5.13. The van der Waals surface area contributed by atoms with E-state index in [0.29, 0.717) is 5.54 Å². The Balaban J connectivity index is 3.70. The Morgan fingerprint density at radius 1 is 1.33 bits per heavy atom. The number of hydrogen-bond acceptors (Lipinski definition) is 2. The first kappa shape index (κ1) is 11.9. The fraction of sp³-hybridized carbons (Fsp3) is 1.00. The second-order valence-electron chi connectivity index (χ2n) is 3.73. The zero-order valence-electron chi connectivity index (χ0n) is 8.82. The standard InChI is InChI=1S/C10H24N2/c1-4-9-12-10(3,5-2)7-6-8-11/h12H,4-9,11H2,1-3H3. The molecule has 2 nitrogen and oxygen atoms in total. The van der Waals surface area contributed by atoms with Crippen LogP contribution in [-0.2, 0) is 0 Å². The van der Waals surface area contributed by atoms with E-state index in [-0.39, 0.29) is 0 Å². The number of rotatable bonds is 7. The van der Waals surface area contributed by atoms with Crippen molar-refractivity contribution in [3.05, 3.63) is 0 Å². The zero-order chi connectivity index (χ0) is 9.45. The molecule has 0 heterocycles. The monoisotopic (exact) mass is 172 g/mol. The molecule has 74 valence electrons.